The van der Waals surface area contributed by atoms with Crippen molar-refractivity contribution in [3.63, 3.8) is 0 Å². The highest BCUT2D eigenvalue weighted by Gasteiger charge is 2.06. The quantitative estimate of drug-likeness (QED) is 0.755. The zero-order chi connectivity index (χ0) is 15.4. The van der Waals surface area contributed by atoms with Crippen molar-refractivity contribution in [3.8, 4) is 5.75 Å². The van der Waals surface area contributed by atoms with Crippen LogP contribution in [0.3, 0.4) is 0 Å². The number of hydrogen-bond donors (Lipinski definition) is 1. The fraction of sp³-hybridized carbons (Fsp3) is 0.312. The van der Waals surface area contributed by atoms with Gasteiger partial charge in [0.05, 0.1) is 13.3 Å². The van der Waals surface area contributed by atoms with E-state index < -0.39 is 0 Å². The number of aromatic nitrogens is 5. The van der Waals surface area contributed by atoms with Crippen LogP contribution in [-0.2, 0) is 26.3 Å². The Hall–Kier alpha value is -2.63. The normalized spacial score (nSPS) is 10.8. The van der Waals surface area contributed by atoms with E-state index in [-0.39, 0.29) is 0 Å². The monoisotopic (exact) mass is 297 g/mol. The van der Waals surface area contributed by atoms with Gasteiger partial charge in [0.2, 0.25) is 0 Å². The average Bonchev–Trinajstić information content (AvgIpc) is 3.15. The number of aryl methyl sites for hydroxylation is 3. The molecule has 0 fully saturated rings. The highest BCUT2D eigenvalue weighted by molar-refractivity contribution is 5.28. The Bertz CT molecular complexity index is 729. The predicted octanol–water partition coefficient (Wildman–Crippen LogP) is 1.92. The lowest BCUT2D eigenvalue weighted by molar-refractivity contribution is 0.414. The Morgan fingerprint density at radius 3 is 2.64 bits per heavy atom. The number of H-pyrrole nitrogens is 1. The van der Waals surface area contributed by atoms with E-state index in [2.05, 4.69) is 20.3 Å². The summed E-state index contributed by atoms with van der Waals surface area (Å²) in [6, 6.07) is 7.98. The Balaban J connectivity index is 1.58. The van der Waals surface area contributed by atoms with E-state index in [9.17, 15) is 0 Å². The molecule has 3 aromatic rings. The summed E-state index contributed by atoms with van der Waals surface area (Å²) in [6.45, 7) is 0. The van der Waals surface area contributed by atoms with Crippen LogP contribution in [0.5, 0.6) is 5.75 Å². The SMILES string of the molecule is COc1ccc(Cc2nc(CCc3cnn(C)c3)n[nH]2)cc1. The second kappa shape index (κ2) is 6.43. The maximum absolute atomic E-state index is 5.16. The first-order valence-corrected chi connectivity index (χ1v) is 7.23. The minimum Gasteiger partial charge on any atom is -0.497 e. The molecular weight excluding hydrogens is 278 g/mol. The molecular formula is C16H19N5O. The fourth-order valence-corrected chi connectivity index (χ4v) is 2.32. The molecule has 0 unspecified atom stereocenters. The fourth-order valence-electron chi connectivity index (χ4n) is 2.32. The number of benzene rings is 1. The van der Waals surface area contributed by atoms with Crippen LogP contribution in [-0.4, -0.2) is 32.1 Å². The summed E-state index contributed by atoms with van der Waals surface area (Å²) in [4.78, 5) is 4.54. The summed E-state index contributed by atoms with van der Waals surface area (Å²) < 4.78 is 6.96. The third-order valence-corrected chi connectivity index (χ3v) is 3.50. The maximum atomic E-state index is 5.16. The zero-order valence-electron chi connectivity index (χ0n) is 12.8. The van der Waals surface area contributed by atoms with Crippen molar-refractivity contribution in [2.45, 2.75) is 19.3 Å². The molecule has 0 saturated carbocycles. The molecule has 2 heterocycles. The molecule has 0 aliphatic rings. The summed E-state index contributed by atoms with van der Waals surface area (Å²) >= 11 is 0. The van der Waals surface area contributed by atoms with Crippen LogP contribution in [0, 0.1) is 0 Å². The van der Waals surface area contributed by atoms with Gasteiger partial charge in [-0.25, -0.2) is 4.98 Å². The van der Waals surface area contributed by atoms with Gasteiger partial charge in [-0.15, -0.1) is 0 Å². The number of methoxy groups -OCH3 is 1. The van der Waals surface area contributed by atoms with Gasteiger partial charge in [0, 0.05) is 26.1 Å². The van der Waals surface area contributed by atoms with E-state index in [0.29, 0.717) is 0 Å². The van der Waals surface area contributed by atoms with Gasteiger partial charge < -0.3 is 4.74 Å². The Kier molecular flexibility index (Phi) is 4.18. The molecule has 0 radical (unpaired) electrons. The third-order valence-electron chi connectivity index (χ3n) is 3.50. The molecule has 3 rings (SSSR count). The number of ether oxygens (including phenoxy) is 1. The lowest BCUT2D eigenvalue weighted by atomic mass is 10.1. The number of aromatic amines is 1. The first kappa shape index (κ1) is 14.3. The molecule has 0 amide bonds. The number of rotatable bonds is 6. The van der Waals surface area contributed by atoms with E-state index in [1.165, 1.54) is 11.1 Å². The lowest BCUT2D eigenvalue weighted by Gasteiger charge is -2.01. The summed E-state index contributed by atoms with van der Waals surface area (Å²) in [5, 5.41) is 11.5. The van der Waals surface area contributed by atoms with E-state index in [0.717, 1.165) is 36.7 Å². The molecule has 1 N–H and O–H groups in total. The molecule has 2 aromatic heterocycles. The molecule has 114 valence electrons. The van der Waals surface area contributed by atoms with Gasteiger partial charge in [-0.05, 0) is 29.7 Å². The van der Waals surface area contributed by atoms with Crippen LogP contribution in [0.2, 0.25) is 0 Å². The lowest BCUT2D eigenvalue weighted by Crippen LogP contribution is -1.94. The molecule has 0 bridgehead atoms. The Morgan fingerprint density at radius 2 is 1.95 bits per heavy atom. The first-order chi connectivity index (χ1) is 10.7. The molecule has 0 spiro atoms. The summed E-state index contributed by atoms with van der Waals surface area (Å²) in [5.74, 6) is 2.58. The molecule has 6 heteroatoms. The molecule has 6 nitrogen and oxygen atoms in total. The highest BCUT2D eigenvalue weighted by atomic mass is 16.5. The molecule has 1 aromatic carbocycles. The molecule has 0 atom stereocenters. The van der Waals surface area contributed by atoms with Crippen LogP contribution in [0.1, 0.15) is 22.8 Å². The molecule has 22 heavy (non-hydrogen) atoms. The van der Waals surface area contributed by atoms with Gasteiger partial charge in [0.15, 0.2) is 5.82 Å². The predicted molar refractivity (Wildman–Crippen MR) is 82.8 cm³/mol. The smallest absolute Gasteiger partial charge is 0.151 e. The van der Waals surface area contributed by atoms with E-state index in [4.69, 9.17) is 4.74 Å². The van der Waals surface area contributed by atoms with Crippen molar-refractivity contribution < 1.29 is 4.74 Å². The largest absolute Gasteiger partial charge is 0.497 e. The van der Waals surface area contributed by atoms with Crippen molar-refractivity contribution in [2.75, 3.05) is 7.11 Å². The average molecular weight is 297 g/mol. The van der Waals surface area contributed by atoms with E-state index in [1.54, 1.807) is 7.11 Å². The molecule has 0 saturated heterocycles. The van der Waals surface area contributed by atoms with Gasteiger partial charge in [0.1, 0.15) is 11.6 Å². The van der Waals surface area contributed by atoms with Gasteiger partial charge >= 0.3 is 0 Å². The summed E-state index contributed by atoms with van der Waals surface area (Å²) in [5.41, 5.74) is 2.37. The van der Waals surface area contributed by atoms with Gasteiger partial charge in [-0.1, -0.05) is 12.1 Å². The van der Waals surface area contributed by atoms with Crippen LogP contribution in [0.25, 0.3) is 0 Å². The number of nitrogens with zero attached hydrogens (tertiary/aromatic N) is 4. The third kappa shape index (κ3) is 3.52. The molecule has 0 aliphatic carbocycles. The molecule has 0 aliphatic heterocycles. The second-order valence-corrected chi connectivity index (χ2v) is 5.25. The van der Waals surface area contributed by atoms with Crippen molar-refractivity contribution >= 4 is 0 Å². The van der Waals surface area contributed by atoms with Gasteiger partial charge in [-0.2, -0.15) is 10.2 Å². The van der Waals surface area contributed by atoms with Crippen LogP contribution >= 0.6 is 0 Å². The van der Waals surface area contributed by atoms with Gasteiger partial charge in [0.25, 0.3) is 0 Å². The van der Waals surface area contributed by atoms with Crippen LogP contribution in [0.15, 0.2) is 36.7 Å². The summed E-state index contributed by atoms with van der Waals surface area (Å²) in [6.07, 6.45) is 6.35. The number of hydrogen-bond acceptors (Lipinski definition) is 4. The number of nitrogens with one attached hydrogen (secondary N) is 1. The van der Waals surface area contributed by atoms with E-state index >= 15 is 0 Å². The van der Waals surface area contributed by atoms with E-state index in [1.807, 2.05) is 48.4 Å². The first-order valence-electron chi connectivity index (χ1n) is 7.23. The van der Waals surface area contributed by atoms with Crippen molar-refractivity contribution in [1.82, 2.24) is 25.0 Å². The second-order valence-electron chi connectivity index (χ2n) is 5.25. The standard InChI is InChI=1S/C16H19N5O/c1-21-11-13(10-17-21)5-8-15-18-16(20-19-15)9-12-3-6-14(22-2)7-4-12/h3-4,6-7,10-11H,5,8-9H2,1-2H3,(H,18,19,20). The minimum absolute atomic E-state index is 0.740. The van der Waals surface area contributed by atoms with Crippen molar-refractivity contribution in [3.05, 3.63) is 59.4 Å². The minimum atomic E-state index is 0.740. The zero-order valence-corrected chi connectivity index (χ0v) is 12.8. The Morgan fingerprint density at radius 1 is 1.14 bits per heavy atom. The van der Waals surface area contributed by atoms with Crippen LogP contribution in [0.4, 0.5) is 0 Å². The Labute approximate surface area is 129 Å². The topological polar surface area (TPSA) is 68.6 Å². The van der Waals surface area contributed by atoms with Crippen molar-refractivity contribution in [2.24, 2.45) is 7.05 Å². The van der Waals surface area contributed by atoms with Crippen LogP contribution < -0.4 is 4.74 Å². The summed E-state index contributed by atoms with van der Waals surface area (Å²) in [7, 11) is 3.59. The van der Waals surface area contributed by atoms with Crippen molar-refractivity contribution in [1.29, 1.82) is 0 Å². The maximum Gasteiger partial charge on any atom is 0.151 e. The highest BCUT2D eigenvalue weighted by Crippen LogP contribution is 2.13. The van der Waals surface area contributed by atoms with Gasteiger partial charge in [-0.3, -0.25) is 9.78 Å².